The summed E-state index contributed by atoms with van der Waals surface area (Å²) in [5.41, 5.74) is 1.36. The summed E-state index contributed by atoms with van der Waals surface area (Å²) in [7, 11) is -2.11. The Bertz CT molecular complexity index is 1120. The van der Waals surface area contributed by atoms with Crippen molar-refractivity contribution in [1.29, 1.82) is 0 Å². The zero-order valence-electron chi connectivity index (χ0n) is 21.4. The van der Waals surface area contributed by atoms with E-state index in [1.807, 2.05) is 30.3 Å². The predicted molar refractivity (Wildman–Crippen MR) is 141 cm³/mol. The number of hydrogen-bond acceptors (Lipinski definition) is 5. The molecule has 36 heavy (non-hydrogen) atoms. The van der Waals surface area contributed by atoms with Crippen LogP contribution in [0.5, 0.6) is 5.75 Å². The molecule has 1 N–H and O–H groups in total. The van der Waals surface area contributed by atoms with Crippen molar-refractivity contribution in [2.75, 3.05) is 24.2 Å². The molecule has 1 atom stereocenters. The van der Waals surface area contributed by atoms with E-state index in [0.717, 1.165) is 37.5 Å². The number of para-hydroxylation sites is 2. The van der Waals surface area contributed by atoms with E-state index < -0.39 is 16.1 Å². The molecular weight excluding hydrogens is 478 g/mol. The van der Waals surface area contributed by atoms with Gasteiger partial charge in [-0.3, -0.25) is 13.9 Å². The molecule has 0 aromatic heterocycles. The van der Waals surface area contributed by atoms with Gasteiger partial charge in [0.2, 0.25) is 21.8 Å². The van der Waals surface area contributed by atoms with Crippen LogP contribution in [0.3, 0.4) is 0 Å². The molecule has 0 heterocycles. The lowest BCUT2D eigenvalue weighted by molar-refractivity contribution is -0.141. The van der Waals surface area contributed by atoms with Crippen molar-refractivity contribution in [2.45, 2.75) is 64.1 Å². The molecule has 8 nitrogen and oxygen atoms in total. The van der Waals surface area contributed by atoms with Gasteiger partial charge in [0.25, 0.3) is 0 Å². The van der Waals surface area contributed by atoms with E-state index in [0.29, 0.717) is 24.4 Å². The molecule has 1 unspecified atom stereocenters. The molecule has 196 valence electrons. The number of ether oxygens (including phenoxy) is 1. The number of methoxy groups -OCH3 is 1. The van der Waals surface area contributed by atoms with Crippen molar-refractivity contribution >= 4 is 27.5 Å². The van der Waals surface area contributed by atoms with E-state index in [1.54, 1.807) is 36.1 Å². The lowest BCUT2D eigenvalue weighted by atomic mass is 10.1. The second kappa shape index (κ2) is 12.8. The Morgan fingerprint density at radius 3 is 2.33 bits per heavy atom. The van der Waals surface area contributed by atoms with Crippen LogP contribution in [0.1, 0.15) is 51.0 Å². The van der Waals surface area contributed by atoms with Gasteiger partial charge in [0.05, 0.1) is 19.1 Å². The first-order valence-electron chi connectivity index (χ1n) is 12.4. The standard InChI is InChI=1S/C27H37N3O5S/c1-21(27(32)28-23-14-7-8-15-23)29(20-22-12-5-4-6-13-22)26(31)18-11-19-30(36(3,33)34)24-16-9-10-17-25(24)35-2/h4-6,9-10,12-13,16-17,21,23H,7-8,11,14-15,18-20H2,1-3H3,(H,28,32). The fourth-order valence-corrected chi connectivity index (χ4v) is 5.54. The zero-order valence-corrected chi connectivity index (χ0v) is 22.2. The number of sulfonamides is 1. The lowest BCUT2D eigenvalue weighted by Crippen LogP contribution is -2.49. The van der Waals surface area contributed by atoms with Crippen molar-refractivity contribution in [2.24, 2.45) is 0 Å². The number of benzene rings is 2. The van der Waals surface area contributed by atoms with E-state index in [9.17, 15) is 18.0 Å². The first kappa shape index (κ1) is 27.5. The highest BCUT2D eigenvalue weighted by Crippen LogP contribution is 2.29. The van der Waals surface area contributed by atoms with Gasteiger partial charge in [-0.1, -0.05) is 55.3 Å². The zero-order chi connectivity index (χ0) is 26.1. The molecule has 1 aliphatic rings. The predicted octanol–water partition coefficient (Wildman–Crippen LogP) is 3.72. The van der Waals surface area contributed by atoms with Crippen molar-refractivity contribution in [3.8, 4) is 5.75 Å². The SMILES string of the molecule is COc1ccccc1N(CCCC(=O)N(Cc1ccccc1)C(C)C(=O)NC1CCCC1)S(C)(=O)=O. The summed E-state index contributed by atoms with van der Waals surface area (Å²) >= 11 is 0. The molecular formula is C27H37N3O5S. The Labute approximate surface area is 214 Å². The largest absolute Gasteiger partial charge is 0.495 e. The summed E-state index contributed by atoms with van der Waals surface area (Å²) in [6.45, 7) is 2.18. The summed E-state index contributed by atoms with van der Waals surface area (Å²) < 4.78 is 31.7. The van der Waals surface area contributed by atoms with Crippen LogP contribution in [-0.2, 0) is 26.2 Å². The highest BCUT2D eigenvalue weighted by atomic mass is 32.2. The molecule has 1 saturated carbocycles. The van der Waals surface area contributed by atoms with Gasteiger partial charge in [-0.15, -0.1) is 0 Å². The maximum atomic E-state index is 13.4. The molecule has 0 bridgehead atoms. The molecule has 0 radical (unpaired) electrons. The maximum Gasteiger partial charge on any atom is 0.242 e. The van der Waals surface area contributed by atoms with Crippen molar-refractivity contribution in [3.63, 3.8) is 0 Å². The Hall–Kier alpha value is -3.07. The number of rotatable bonds is 12. The number of nitrogens with zero attached hydrogens (tertiary/aromatic N) is 2. The monoisotopic (exact) mass is 515 g/mol. The van der Waals surface area contributed by atoms with Crippen LogP contribution in [-0.4, -0.2) is 57.1 Å². The highest BCUT2D eigenvalue weighted by Gasteiger charge is 2.29. The van der Waals surface area contributed by atoms with Crippen LogP contribution in [0, 0.1) is 0 Å². The van der Waals surface area contributed by atoms with Crippen molar-refractivity contribution in [1.82, 2.24) is 10.2 Å². The quantitative estimate of drug-likeness (QED) is 0.465. The van der Waals surface area contributed by atoms with Gasteiger partial charge in [0.15, 0.2) is 0 Å². The third kappa shape index (κ3) is 7.46. The summed E-state index contributed by atoms with van der Waals surface area (Å²) in [5, 5.41) is 3.09. The number of carbonyl (C=O) groups is 2. The third-order valence-corrected chi connectivity index (χ3v) is 7.75. The molecule has 0 saturated heterocycles. The van der Waals surface area contributed by atoms with Gasteiger partial charge >= 0.3 is 0 Å². The molecule has 2 aromatic rings. The van der Waals surface area contributed by atoms with Gasteiger partial charge in [-0.05, 0) is 43.9 Å². The van der Waals surface area contributed by atoms with Crippen LogP contribution < -0.4 is 14.4 Å². The average molecular weight is 516 g/mol. The van der Waals surface area contributed by atoms with Gasteiger partial charge in [-0.2, -0.15) is 0 Å². The van der Waals surface area contributed by atoms with Gasteiger partial charge < -0.3 is 15.0 Å². The molecule has 1 fully saturated rings. The lowest BCUT2D eigenvalue weighted by Gasteiger charge is -2.30. The second-order valence-corrected chi connectivity index (χ2v) is 11.2. The van der Waals surface area contributed by atoms with E-state index in [1.165, 1.54) is 11.4 Å². The Morgan fingerprint density at radius 2 is 1.69 bits per heavy atom. The topological polar surface area (TPSA) is 96.0 Å². The Balaban J connectivity index is 1.71. The van der Waals surface area contributed by atoms with Crippen LogP contribution in [0.4, 0.5) is 5.69 Å². The smallest absolute Gasteiger partial charge is 0.242 e. The Morgan fingerprint density at radius 1 is 1.06 bits per heavy atom. The van der Waals surface area contributed by atoms with Crippen molar-refractivity contribution < 1.29 is 22.7 Å². The van der Waals surface area contributed by atoms with E-state index >= 15 is 0 Å². The molecule has 3 rings (SSSR count). The van der Waals surface area contributed by atoms with Gasteiger partial charge in [0, 0.05) is 25.6 Å². The molecule has 0 spiro atoms. The number of anilines is 1. The van der Waals surface area contributed by atoms with E-state index in [-0.39, 0.29) is 30.8 Å². The minimum absolute atomic E-state index is 0.106. The van der Waals surface area contributed by atoms with Crippen molar-refractivity contribution in [3.05, 3.63) is 60.2 Å². The summed E-state index contributed by atoms with van der Waals surface area (Å²) in [4.78, 5) is 28.0. The minimum Gasteiger partial charge on any atom is -0.495 e. The minimum atomic E-state index is -3.60. The maximum absolute atomic E-state index is 13.4. The number of nitrogens with one attached hydrogen (secondary N) is 1. The molecule has 0 aliphatic heterocycles. The fraction of sp³-hybridized carbons (Fsp3) is 0.481. The van der Waals surface area contributed by atoms with Crippen LogP contribution in [0.2, 0.25) is 0 Å². The number of hydrogen-bond donors (Lipinski definition) is 1. The van der Waals surface area contributed by atoms with Crippen LogP contribution >= 0.6 is 0 Å². The number of amides is 2. The third-order valence-electron chi connectivity index (χ3n) is 6.57. The molecule has 2 amide bonds. The normalized spacial score (nSPS) is 14.8. The average Bonchev–Trinajstić information content (AvgIpc) is 3.37. The molecule has 2 aromatic carbocycles. The number of carbonyl (C=O) groups excluding carboxylic acids is 2. The first-order chi connectivity index (χ1) is 17.2. The molecule has 9 heteroatoms. The van der Waals surface area contributed by atoms with E-state index in [2.05, 4.69) is 5.32 Å². The van der Waals surface area contributed by atoms with E-state index in [4.69, 9.17) is 4.74 Å². The summed E-state index contributed by atoms with van der Waals surface area (Å²) in [5.74, 6) is 0.0940. The fourth-order valence-electron chi connectivity index (χ4n) is 4.57. The Kier molecular flexibility index (Phi) is 9.75. The first-order valence-corrected chi connectivity index (χ1v) is 14.3. The van der Waals surface area contributed by atoms with Crippen LogP contribution in [0.15, 0.2) is 54.6 Å². The summed E-state index contributed by atoms with van der Waals surface area (Å²) in [6.07, 6.45) is 5.69. The summed E-state index contributed by atoms with van der Waals surface area (Å²) in [6, 6.07) is 16.0. The van der Waals surface area contributed by atoms with Crippen LogP contribution in [0.25, 0.3) is 0 Å². The van der Waals surface area contributed by atoms with Gasteiger partial charge in [-0.25, -0.2) is 8.42 Å². The highest BCUT2D eigenvalue weighted by molar-refractivity contribution is 7.92. The molecule has 1 aliphatic carbocycles. The van der Waals surface area contributed by atoms with Gasteiger partial charge in [0.1, 0.15) is 11.8 Å². The second-order valence-electron chi connectivity index (χ2n) is 9.28.